The molecule has 0 bridgehead atoms. The first-order valence-electron chi connectivity index (χ1n) is 11.4. The van der Waals surface area contributed by atoms with Gasteiger partial charge in [0.05, 0.1) is 5.56 Å². The summed E-state index contributed by atoms with van der Waals surface area (Å²) in [6, 6.07) is 21.6. The van der Waals surface area contributed by atoms with Crippen LogP contribution in [0.1, 0.15) is 44.1 Å². The smallest absolute Gasteiger partial charge is 0.216 e. The van der Waals surface area contributed by atoms with E-state index in [1.807, 2.05) is 0 Å². The lowest BCUT2D eigenvalue weighted by atomic mass is 9.94. The number of fused-ring (bicyclic) bond motifs is 4. The number of furan rings is 1. The summed E-state index contributed by atoms with van der Waals surface area (Å²) in [7, 11) is 2.08. The zero-order chi connectivity index (χ0) is 21.2. The minimum absolute atomic E-state index is 0.462. The number of aryl methyl sites for hydroxylation is 2. The van der Waals surface area contributed by atoms with E-state index in [1.54, 1.807) is 0 Å². The number of hydrogen-bond donors (Lipinski definition) is 0. The Labute approximate surface area is 178 Å². The molecule has 0 amide bonds. The van der Waals surface area contributed by atoms with Crippen LogP contribution in [0.25, 0.3) is 44.0 Å². The number of nitrogens with zero attached hydrogens (tertiary/aromatic N) is 1. The van der Waals surface area contributed by atoms with Crippen LogP contribution in [0.4, 0.5) is 0 Å². The van der Waals surface area contributed by atoms with Crippen LogP contribution in [0.3, 0.4) is 0 Å². The summed E-state index contributed by atoms with van der Waals surface area (Å²) in [6.07, 6.45) is 6.28. The highest BCUT2D eigenvalue weighted by Crippen LogP contribution is 2.40. The first-order valence-corrected chi connectivity index (χ1v) is 10.9. The molecule has 0 unspecified atom stereocenters. The highest BCUT2D eigenvalue weighted by molar-refractivity contribution is 6.13. The number of rotatable bonds is 2. The van der Waals surface area contributed by atoms with E-state index in [0.717, 1.165) is 64.4 Å². The van der Waals surface area contributed by atoms with Crippen molar-refractivity contribution in [3.63, 3.8) is 0 Å². The van der Waals surface area contributed by atoms with Crippen LogP contribution in [0.5, 0.6) is 0 Å². The van der Waals surface area contributed by atoms with Gasteiger partial charge in [0, 0.05) is 24.3 Å². The van der Waals surface area contributed by atoms with Gasteiger partial charge >= 0.3 is 0 Å². The van der Waals surface area contributed by atoms with Gasteiger partial charge in [-0.25, -0.2) is 4.57 Å². The van der Waals surface area contributed by atoms with E-state index in [1.165, 1.54) is 16.3 Å². The molecule has 0 radical (unpaired) electrons. The molecule has 3 aromatic carbocycles. The monoisotopic (exact) mass is 393 g/mol. The second-order valence-electron chi connectivity index (χ2n) is 8.65. The third kappa shape index (κ3) is 2.67. The molecule has 5 aromatic rings. The van der Waals surface area contributed by atoms with E-state index >= 15 is 0 Å². The van der Waals surface area contributed by atoms with Gasteiger partial charge in [0.2, 0.25) is 5.69 Å². The van der Waals surface area contributed by atoms with Crippen LogP contribution in [-0.4, -0.2) is 0 Å². The lowest BCUT2D eigenvalue weighted by molar-refractivity contribution is -0.660. The molecule has 1 aliphatic rings. The molecule has 2 heterocycles. The molecule has 0 saturated heterocycles. The van der Waals surface area contributed by atoms with Crippen molar-refractivity contribution in [3.05, 3.63) is 78.0 Å². The molecule has 30 heavy (non-hydrogen) atoms. The maximum Gasteiger partial charge on any atom is 0.216 e. The molecule has 1 saturated carbocycles. The summed E-state index contributed by atoms with van der Waals surface area (Å²) < 4.78 is 17.7. The Balaban J connectivity index is 1.64. The quantitative estimate of drug-likeness (QED) is 0.290. The topological polar surface area (TPSA) is 17.0 Å². The molecule has 2 aromatic heterocycles. The lowest BCUT2D eigenvalue weighted by Crippen LogP contribution is -2.31. The Morgan fingerprint density at radius 1 is 0.933 bits per heavy atom. The average Bonchev–Trinajstić information content (AvgIpc) is 3.37. The number of aromatic nitrogens is 1. The van der Waals surface area contributed by atoms with Crippen LogP contribution in [0.15, 0.2) is 71.3 Å². The standard InChI is InChI=1S/C28H26NO/c1-18-11-12-23-24-15-20-9-5-6-10-21(20)17-26(24)30-28(23)27(18)25-16-22(13-14-29(25)2)19-7-3-4-8-19/h5-6,9-17,19H,3-4,7-8H2,1-2H3/q+1/i19D. The Hall–Kier alpha value is -3.13. The summed E-state index contributed by atoms with van der Waals surface area (Å²) in [4.78, 5) is 0. The van der Waals surface area contributed by atoms with Gasteiger partial charge in [-0.05, 0) is 59.7 Å². The van der Waals surface area contributed by atoms with Crippen molar-refractivity contribution in [2.75, 3.05) is 0 Å². The van der Waals surface area contributed by atoms with Crippen LogP contribution in [0, 0.1) is 6.92 Å². The van der Waals surface area contributed by atoms with Crippen molar-refractivity contribution in [1.29, 1.82) is 0 Å². The van der Waals surface area contributed by atoms with Gasteiger partial charge in [-0.15, -0.1) is 0 Å². The Kier molecular flexibility index (Phi) is 3.72. The first-order chi connectivity index (χ1) is 15.0. The van der Waals surface area contributed by atoms with Crippen molar-refractivity contribution in [2.24, 2.45) is 7.05 Å². The third-order valence-corrected chi connectivity index (χ3v) is 6.74. The predicted molar refractivity (Wildman–Crippen MR) is 124 cm³/mol. The molecule has 1 fully saturated rings. The van der Waals surface area contributed by atoms with Crippen LogP contribution in [-0.2, 0) is 7.05 Å². The average molecular weight is 394 g/mol. The largest absolute Gasteiger partial charge is 0.455 e. The lowest BCUT2D eigenvalue weighted by Gasteiger charge is -2.11. The number of pyridine rings is 1. The van der Waals surface area contributed by atoms with Gasteiger partial charge in [0.1, 0.15) is 18.2 Å². The van der Waals surface area contributed by atoms with Crippen molar-refractivity contribution in [1.82, 2.24) is 0 Å². The number of benzene rings is 3. The molecular weight excluding hydrogens is 366 g/mol. The molecule has 148 valence electrons. The molecule has 0 aliphatic heterocycles. The normalized spacial score (nSPS) is 16.5. The maximum atomic E-state index is 9.01. The summed E-state index contributed by atoms with van der Waals surface area (Å²) in [5, 5.41) is 4.72. The maximum absolute atomic E-state index is 9.01. The van der Waals surface area contributed by atoms with Gasteiger partial charge in [-0.1, -0.05) is 49.2 Å². The van der Waals surface area contributed by atoms with Crippen molar-refractivity contribution >= 4 is 32.7 Å². The molecular formula is C28H26NO+. The van der Waals surface area contributed by atoms with E-state index < -0.39 is 5.89 Å². The summed E-state index contributed by atoms with van der Waals surface area (Å²) in [6.45, 7) is 2.15. The van der Waals surface area contributed by atoms with Crippen molar-refractivity contribution in [2.45, 2.75) is 38.5 Å². The zero-order valence-corrected chi connectivity index (χ0v) is 17.5. The molecule has 1 aliphatic carbocycles. The van der Waals surface area contributed by atoms with Gasteiger partial charge in [0.25, 0.3) is 0 Å². The second kappa shape index (κ2) is 6.70. The van der Waals surface area contributed by atoms with E-state index in [9.17, 15) is 0 Å². The second-order valence-corrected chi connectivity index (χ2v) is 8.65. The molecule has 0 N–H and O–H groups in total. The zero-order valence-electron chi connectivity index (χ0n) is 18.5. The van der Waals surface area contributed by atoms with Crippen LogP contribution >= 0.6 is 0 Å². The Morgan fingerprint density at radius 2 is 1.70 bits per heavy atom. The fourth-order valence-electron chi connectivity index (χ4n) is 5.07. The fraction of sp³-hybridized carbons (Fsp3) is 0.250. The Morgan fingerprint density at radius 3 is 2.50 bits per heavy atom. The summed E-state index contributed by atoms with van der Waals surface area (Å²) >= 11 is 0. The molecule has 2 nitrogen and oxygen atoms in total. The van der Waals surface area contributed by atoms with Gasteiger partial charge < -0.3 is 4.42 Å². The SMILES string of the molecule is [2H]C1(c2cc[n+](C)c(-c3c(C)ccc4c3oc3cc5ccccc5cc34)c2)CCCC1. The molecule has 6 rings (SSSR count). The summed E-state index contributed by atoms with van der Waals surface area (Å²) in [5.41, 5.74) is 6.41. The minimum Gasteiger partial charge on any atom is -0.455 e. The number of hydrogen-bond acceptors (Lipinski definition) is 1. The molecule has 2 heteroatoms. The highest BCUT2D eigenvalue weighted by Gasteiger charge is 2.24. The van der Waals surface area contributed by atoms with Gasteiger partial charge in [-0.2, -0.15) is 0 Å². The Bertz CT molecular complexity index is 1470. The third-order valence-electron chi connectivity index (χ3n) is 6.74. The molecule has 0 atom stereocenters. The van der Waals surface area contributed by atoms with Crippen LogP contribution < -0.4 is 4.57 Å². The van der Waals surface area contributed by atoms with E-state index in [4.69, 9.17) is 5.79 Å². The van der Waals surface area contributed by atoms with E-state index in [0.29, 0.717) is 0 Å². The minimum atomic E-state index is -0.462. The highest BCUT2D eigenvalue weighted by atomic mass is 16.3. The summed E-state index contributed by atoms with van der Waals surface area (Å²) in [5.74, 6) is -0.462. The van der Waals surface area contributed by atoms with Crippen molar-refractivity contribution in [3.8, 4) is 11.3 Å². The first kappa shape index (κ1) is 16.6. The van der Waals surface area contributed by atoms with Crippen LogP contribution in [0.2, 0.25) is 0 Å². The van der Waals surface area contributed by atoms with Crippen molar-refractivity contribution < 1.29 is 10.4 Å². The predicted octanol–water partition coefficient (Wildman–Crippen LogP) is 7.20. The fourth-order valence-corrected chi connectivity index (χ4v) is 5.07. The van der Waals surface area contributed by atoms with E-state index in [-0.39, 0.29) is 0 Å². The van der Waals surface area contributed by atoms with Gasteiger partial charge in [0.15, 0.2) is 6.20 Å². The van der Waals surface area contributed by atoms with Gasteiger partial charge in [-0.3, -0.25) is 0 Å². The van der Waals surface area contributed by atoms with E-state index in [2.05, 4.69) is 85.4 Å². The molecule has 0 spiro atoms.